The highest BCUT2D eigenvalue weighted by molar-refractivity contribution is 7.19. The van der Waals surface area contributed by atoms with Gasteiger partial charge in [-0.3, -0.25) is 14.7 Å². The minimum Gasteiger partial charge on any atom is -0.475 e. The van der Waals surface area contributed by atoms with Gasteiger partial charge in [-0.15, -0.1) is 11.3 Å². The zero-order chi connectivity index (χ0) is 36.8. The molecule has 0 radical (unpaired) electrons. The standard InChI is InChI=1S/C27H31FN4O2S.2C2HF3O2/c1-3-32(4-2)15-5-6-21-18-23-27(35-21)25(11-14-30-23)34-24-8-7-20(17-22(24)28)31-26(33)16-19-9-12-29-13-10-19;2*3-2(4,5)1(6)7/h7-8,11,14,17-19,29H,3-4,9-10,12-13,15-16H2,1-2H3,(H,31,33);2*(H,6,7). The second-order valence-electron chi connectivity index (χ2n) is 10.2. The Hall–Kier alpha value is -4.47. The fraction of sp³-hybridized carbons (Fsp3) is 0.419. The number of aromatic nitrogens is 1. The van der Waals surface area contributed by atoms with Crippen LogP contribution in [0.2, 0.25) is 0 Å². The molecular formula is C31H33F7N4O6S. The number of carbonyl (C=O) groups is 3. The number of nitrogens with zero attached hydrogens (tertiary/aromatic N) is 2. The molecule has 4 N–H and O–H groups in total. The van der Waals surface area contributed by atoms with E-state index < -0.39 is 30.1 Å². The van der Waals surface area contributed by atoms with Gasteiger partial charge in [0.2, 0.25) is 5.91 Å². The smallest absolute Gasteiger partial charge is 0.475 e. The van der Waals surface area contributed by atoms with Gasteiger partial charge >= 0.3 is 24.3 Å². The summed E-state index contributed by atoms with van der Waals surface area (Å²) < 4.78 is 85.0. The summed E-state index contributed by atoms with van der Waals surface area (Å²) in [6.07, 6.45) is -6.10. The average molecular weight is 723 g/mol. The average Bonchev–Trinajstić information content (AvgIpc) is 3.45. The number of ether oxygens (including phenoxy) is 1. The van der Waals surface area contributed by atoms with Crippen molar-refractivity contribution in [2.45, 2.75) is 45.5 Å². The van der Waals surface area contributed by atoms with Crippen molar-refractivity contribution in [1.82, 2.24) is 15.2 Å². The lowest BCUT2D eigenvalue weighted by Gasteiger charge is -2.21. The maximum Gasteiger partial charge on any atom is 0.490 e. The number of amides is 1. The molecule has 268 valence electrons. The number of carboxylic acids is 2. The van der Waals surface area contributed by atoms with Crippen LogP contribution in [-0.2, 0) is 14.4 Å². The molecule has 3 aromatic rings. The maximum absolute atomic E-state index is 14.8. The molecule has 4 rings (SSSR count). The molecule has 1 aliphatic heterocycles. The van der Waals surface area contributed by atoms with E-state index in [1.165, 1.54) is 17.4 Å². The van der Waals surface area contributed by atoms with Crippen molar-refractivity contribution in [2.75, 3.05) is 38.0 Å². The summed E-state index contributed by atoms with van der Waals surface area (Å²) in [7, 11) is 0. The van der Waals surface area contributed by atoms with Gasteiger partial charge in [0.05, 0.1) is 21.6 Å². The van der Waals surface area contributed by atoms with Gasteiger partial charge < -0.3 is 25.6 Å². The third-order valence-electron chi connectivity index (χ3n) is 6.64. The summed E-state index contributed by atoms with van der Waals surface area (Å²) in [6, 6.07) is 8.15. The second-order valence-corrected chi connectivity index (χ2v) is 11.2. The topological polar surface area (TPSA) is 141 Å². The van der Waals surface area contributed by atoms with Gasteiger partial charge in [-0.2, -0.15) is 26.3 Å². The first kappa shape index (κ1) is 40.7. The number of fused-ring (bicyclic) bond motifs is 1. The van der Waals surface area contributed by atoms with E-state index in [2.05, 4.69) is 46.2 Å². The van der Waals surface area contributed by atoms with Crippen LogP contribution in [0.25, 0.3) is 10.2 Å². The molecule has 2 aromatic heterocycles. The fourth-order valence-electron chi connectivity index (χ4n) is 4.08. The molecule has 1 aromatic carbocycles. The molecule has 0 unspecified atom stereocenters. The minimum absolute atomic E-state index is 0.0889. The van der Waals surface area contributed by atoms with Crippen molar-refractivity contribution in [3.8, 4) is 23.3 Å². The molecule has 1 saturated heterocycles. The van der Waals surface area contributed by atoms with E-state index >= 15 is 0 Å². The predicted molar refractivity (Wildman–Crippen MR) is 167 cm³/mol. The van der Waals surface area contributed by atoms with Crippen molar-refractivity contribution in [3.05, 3.63) is 47.2 Å². The number of alkyl halides is 6. The number of nitrogens with one attached hydrogen (secondary N) is 2. The summed E-state index contributed by atoms with van der Waals surface area (Å²) in [5, 5.41) is 20.4. The van der Waals surface area contributed by atoms with Crippen molar-refractivity contribution < 1.29 is 60.1 Å². The van der Waals surface area contributed by atoms with E-state index in [0.717, 1.165) is 54.1 Å². The van der Waals surface area contributed by atoms with E-state index in [0.29, 0.717) is 30.3 Å². The lowest BCUT2D eigenvalue weighted by atomic mass is 9.94. The number of thiophene rings is 1. The summed E-state index contributed by atoms with van der Waals surface area (Å²) in [4.78, 5) is 37.7. The van der Waals surface area contributed by atoms with Crippen LogP contribution in [0.3, 0.4) is 0 Å². The fourth-order valence-corrected chi connectivity index (χ4v) is 5.02. The number of piperidine rings is 1. The van der Waals surface area contributed by atoms with Gasteiger partial charge in [0.1, 0.15) is 5.75 Å². The molecule has 18 heteroatoms. The number of halogens is 7. The third kappa shape index (κ3) is 14.3. The molecule has 49 heavy (non-hydrogen) atoms. The van der Waals surface area contributed by atoms with Gasteiger partial charge in [0.15, 0.2) is 11.6 Å². The van der Waals surface area contributed by atoms with Gasteiger partial charge in [0, 0.05) is 30.4 Å². The number of pyridine rings is 1. The molecule has 0 spiro atoms. The van der Waals surface area contributed by atoms with Crippen molar-refractivity contribution in [3.63, 3.8) is 0 Å². The molecule has 1 aliphatic rings. The Labute approximate surface area is 280 Å². The van der Waals surface area contributed by atoms with E-state index in [1.807, 2.05) is 6.07 Å². The van der Waals surface area contributed by atoms with E-state index in [4.69, 9.17) is 24.5 Å². The third-order valence-corrected chi connectivity index (χ3v) is 7.69. The molecule has 0 atom stereocenters. The van der Waals surface area contributed by atoms with Crippen LogP contribution in [0.4, 0.5) is 36.4 Å². The van der Waals surface area contributed by atoms with E-state index in [-0.39, 0.29) is 11.7 Å². The highest BCUT2D eigenvalue weighted by Crippen LogP contribution is 2.36. The number of benzene rings is 1. The van der Waals surface area contributed by atoms with E-state index in [1.54, 1.807) is 24.4 Å². The maximum atomic E-state index is 14.8. The Morgan fingerprint density at radius 3 is 2.12 bits per heavy atom. The Balaban J connectivity index is 0.000000500. The molecule has 0 saturated carbocycles. The van der Waals surface area contributed by atoms with Gasteiger partial charge in [-0.25, -0.2) is 14.0 Å². The number of anilines is 1. The number of rotatable bonds is 8. The van der Waals surface area contributed by atoms with Crippen molar-refractivity contribution >= 4 is 45.1 Å². The molecule has 0 bridgehead atoms. The van der Waals surface area contributed by atoms with Crippen LogP contribution in [0.15, 0.2) is 36.5 Å². The van der Waals surface area contributed by atoms with Crippen LogP contribution in [-0.4, -0.2) is 83.0 Å². The summed E-state index contributed by atoms with van der Waals surface area (Å²) in [5.41, 5.74) is 1.19. The highest BCUT2D eigenvalue weighted by atomic mass is 32.1. The first-order valence-electron chi connectivity index (χ1n) is 14.6. The number of hydrogen-bond acceptors (Lipinski definition) is 8. The van der Waals surface area contributed by atoms with E-state index in [9.17, 15) is 35.5 Å². The van der Waals surface area contributed by atoms with Gasteiger partial charge in [0.25, 0.3) is 0 Å². The summed E-state index contributed by atoms with van der Waals surface area (Å²) >= 11 is 1.48. The van der Waals surface area contributed by atoms with Gasteiger partial charge in [-0.1, -0.05) is 25.7 Å². The molecule has 1 amide bonds. The number of carbonyl (C=O) groups excluding carboxylic acids is 1. The number of hydrogen-bond donors (Lipinski definition) is 4. The first-order chi connectivity index (χ1) is 22.9. The largest absolute Gasteiger partial charge is 0.490 e. The normalized spacial score (nSPS) is 13.3. The Morgan fingerprint density at radius 2 is 1.59 bits per heavy atom. The quantitative estimate of drug-likeness (QED) is 0.151. The minimum atomic E-state index is -5.08. The van der Waals surface area contributed by atoms with Crippen LogP contribution >= 0.6 is 11.3 Å². The lowest BCUT2D eigenvalue weighted by molar-refractivity contribution is -0.193. The van der Waals surface area contributed by atoms with Crippen molar-refractivity contribution in [2.24, 2.45) is 5.92 Å². The van der Waals surface area contributed by atoms with Gasteiger partial charge in [-0.05, 0) is 63.1 Å². The molecule has 10 nitrogen and oxygen atoms in total. The van der Waals surface area contributed by atoms with Crippen LogP contribution in [0.1, 0.15) is 38.0 Å². The highest BCUT2D eigenvalue weighted by Gasteiger charge is 2.38. The predicted octanol–water partition coefficient (Wildman–Crippen LogP) is 6.52. The number of aliphatic carboxylic acids is 2. The number of carboxylic acid groups (broad SMARTS) is 2. The molecular weight excluding hydrogens is 689 g/mol. The van der Waals surface area contributed by atoms with Crippen LogP contribution in [0.5, 0.6) is 11.5 Å². The Kier molecular flexibility index (Phi) is 15.7. The zero-order valence-electron chi connectivity index (χ0n) is 26.2. The summed E-state index contributed by atoms with van der Waals surface area (Å²) in [5.74, 6) is 1.27. The Bertz CT molecular complexity index is 1600. The van der Waals surface area contributed by atoms with Crippen LogP contribution < -0.4 is 15.4 Å². The summed E-state index contributed by atoms with van der Waals surface area (Å²) in [6.45, 7) is 8.75. The van der Waals surface area contributed by atoms with Crippen molar-refractivity contribution in [1.29, 1.82) is 0 Å². The second kappa shape index (κ2) is 18.9. The zero-order valence-corrected chi connectivity index (χ0v) is 27.0. The molecule has 3 heterocycles. The Morgan fingerprint density at radius 1 is 1.00 bits per heavy atom. The monoisotopic (exact) mass is 722 g/mol. The van der Waals surface area contributed by atoms with Crippen LogP contribution in [0, 0.1) is 23.6 Å². The SMILES string of the molecule is CCN(CC)CC#Cc1cc2nccc(Oc3ccc(NC(=O)CC4CCNCC4)cc3F)c2s1.O=C(O)C(F)(F)F.O=C(O)C(F)(F)F. The molecule has 1 fully saturated rings. The lowest BCUT2D eigenvalue weighted by Crippen LogP contribution is -2.30. The first-order valence-corrected chi connectivity index (χ1v) is 15.4. The molecule has 0 aliphatic carbocycles.